The molecule has 0 aromatic carbocycles. The van der Waals surface area contributed by atoms with Crippen molar-refractivity contribution in [2.24, 2.45) is 11.7 Å². The van der Waals surface area contributed by atoms with Crippen LogP contribution in [0.1, 0.15) is 12.8 Å². The predicted octanol–water partition coefficient (Wildman–Crippen LogP) is 0.335. The van der Waals surface area contributed by atoms with Crippen LogP contribution >= 0.6 is 0 Å². The largest absolute Gasteiger partial charge is 0.382 e. The Morgan fingerprint density at radius 1 is 1.11 bits per heavy atom. The zero-order valence-electron chi connectivity index (χ0n) is 11.8. The van der Waals surface area contributed by atoms with Crippen molar-refractivity contribution in [1.82, 2.24) is 4.90 Å². The highest BCUT2D eigenvalue weighted by Gasteiger charge is 2.32. The van der Waals surface area contributed by atoms with Crippen molar-refractivity contribution < 1.29 is 14.2 Å². The van der Waals surface area contributed by atoms with Crippen LogP contribution in [0.2, 0.25) is 0 Å². The van der Waals surface area contributed by atoms with E-state index in [1.54, 1.807) is 7.11 Å². The van der Waals surface area contributed by atoms with E-state index in [2.05, 4.69) is 11.9 Å². The van der Waals surface area contributed by atoms with Gasteiger partial charge in [0.1, 0.15) is 0 Å². The van der Waals surface area contributed by atoms with Gasteiger partial charge in [0.05, 0.1) is 33.0 Å². The van der Waals surface area contributed by atoms with Gasteiger partial charge >= 0.3 is 0 Å². The molecule has 0 heterocycles. The third kappa shape index (κ3) is 6.66. The van der Waals surface area contributed by atoms with Crippen molar-refractivity contribution in [3.05, 3.63) is 0 Å². The lowest BCUT2D eigenvalue weighted by Gasteiger charge is -2.26. The van der Waals surface area contributed by atoms with Gasteiger partial charge in [-0.05, 0) is 25.8 Å². The minimum absolute atomic E-state index is 0.534. The number of likely N-dealkylation sites (N-methyl/N-ethyl adjacent to an activating group) is 1. The molecule has 1 rings (SSSR count). The highest BCUT2D eigenvalue weighted by Crippen LogP contribution is 2.34. The molecule has 0 amide bonds. The highest BCUT2D eigenvalue weighted by atomic mass is 16.5. The van der Waals surface area contributed by atoms with Gasteiger partial charge in [-0.1, -0.05) is 0 Å². The topological polar surface area (TPSA) is 57.0 Å². The number of hydrogen-bond acceptors (Lipinski definition) is 5. The monoisotopic (exact) mass is 260 g/mol. The Morgan fingerprint density at radius 3 is 2.28 bits per heavy atom. The maximum Gasteiger partial charge on any atom is 0.0701 e. The Bertz CT molecular complexity index is 201. The Hall–Kier alpha value is -0.200. The lowest BCUT2D eigenvalue weighted by molar-refractivity contribution is 0.0182. The molecule has 0 radical (unpaired) electrons. The number of methoxy groups -OCH3 is 1. The summed E-state index contributed by atoms with van der Waals surface area (Å²) in [6, 6.07) is 0.534. The predicted molar refractivity (Wildman–Crippen MR) is 71.7 cm³/mol. The van der Waals surface area contributed by atoms with Crippen molar-refractivity contribution in [3.8, 4) is 0 Å². The number of hydrogen-bond donors (Lipinski definition) is 1. The first kappa shape index (κ1) is 15.9. The summed E-state index contributed by atoms with van der Waals surface area (Å²) in [5.74, 6) is 0.817. The first-order chi connectivity index (χ1) is 8.79. The molecule has 2 N–H and O–H groups in total. The molecule has 0 bridgehead atoms. The van der Waals surface area contributed by atoms with Crippen molar-refractivity contribution in [3.63, 3.8) is 0 Å². The van der Waals surface area contributed by atoms with Crippen LogP contribution in [0.4, 0.5) is 0 Å². The molecule has 1 saturated carbocycles. The van der Waals surface area contributed by atoms with E-state index in [-0.39, 0.29) is 0 Å². The standard InChI is InChI=1S/C13H28N2O3/c1-15(13(11-14)12-3-4-12)5-6-17-9-10-18-8-7-16-2/h12-13H,3-11,14H2,1-2H3. The summed E-state index contributed by atoms with van der Waals surface area (Å²) in [6.45, 7) is 4.99. The maximum atomic E-state index is 5.80. The molecule has 0 saturated heterocycles. The van der Waals surface area contributed by atoms with E-state index < -0.39 is 0 Å². The fourth-order valence-electron chi connectivity index (χ4n) is 2.05. The van der Waals surface area contributed by atoms with E-state index in [1.807, 2.05) is 0 Å². The van der Waals surface area contributed by atoms with E-state index in [0.29, 0.717) is 32.5 Å². The van der Waals surface area contributed by atoms with Gasteiger partial charge in [0, 0.05) is 26.2 Å². The average Bonchev–Trinajstić information content (AvgIpc) is 3.18. The molecule has 1 atom stereocenters. The molecule has 1 fully saturated rings. The van der Waals surface area contributed by atoms with Gasteiger partial charge in [0.15, 0.2) is 0 Å². The highest BCUT2D eigenvalue weighted by molar-refractivity contribution is 4.87. The number of nitrogens with two attached hydrogens (primary N) is 1. The molecular weight excluding hydrogens is 232 g/mol. The second kappa shape index (κ2) is 9.69. The zero-order chi connectivity index (χ0) is 13.2. The van der Waals surface area contributed by atoms with Gasteiger partial charge in [-0.3, -0.25) is 4.90 Å². The summed E-state index contributed by atoms with van der Waals surface area (Å²) in [7, 11) is 3.80. The van der Waals surface area contributed by atoms with Crippen LogP contribution in [0.3, 0.4) is 0 Å². The van der Waals surface area contributed by atoms with Crippen LogP contribution in [-0.4, -0.2) is 71.2 Å². The Kier molecular flexibility index (Phi) is 8.54. The van der Waals surface area contributed by atoms with Crippen molar-refractivity contribution in [2.75, 3.05) is 60.3 Å². The zero-order valence-corrected chi connectivity index (χ0v) is 11.8. The van der Waals surface area contributed by atoms with Crippen LogP contribution in [0.15, 0.2) is 0 Å². The fourth-order valence-corrected chi connectivity index (χ4v) is 2.05. The smallest absolute Gasteiger partial charge is 0.0701 e. The van der Waals surface area contributed by atoms with E-state index in [0.717, 1.165) is 25.6 Å². The minimum Gasteiger partial charge on any atom is -0.382 e. The van der Waals surface area contributed by atoms with Gasteiger partial charge in [-0.2, -0.15) is 0 Å². The lowest BCUT2D eigenvalue weighted by Crippen LogP contribution is -2.41. The second-order valence-corrected chi connectivity index (χ2v) is 4.84. The molecular formula is C13H28N2O3. The summed E-state index contributed by atoms with van der Waals surface area (Å²) >= 11 is 0. The molecule has 5 heteroatoms. The maximum absolute atomic E-state index is 5.80. The fraction of sp³-hybridized carbons (Fsp3) is 1.00. The lowest BCUT2D eigenvalue weighted by atomic mass is 10.1. The van der Waals surface area contributed by atoms with Gasteiger partial charge in [0.2, 0.25) is 0 Å². The SMILES string of the molecule is COCCOCCOCCN(C)C(CN)C1CC1. The van der Waals surface area contributed by atoms with Crippen LogP contribution in [0.25, 0.3) is 0 Å². The summed E-state index contributed by atoms with van der Waals surface area (Å²) in [6.07, 6.45) is 2.67. The van der Waals surface area contributed by atoms with E-state index in [9.17, 15) is 0 Å². The molecule has 0 aromatic rings. The number of rotatable bonds is 12. The molecule has 0 aromatic heterocycles. The van der Waals surface area contributed by atoms with Crippen molar-refractivity contribution >= 4 is 0 Å². The molecule has 5 nitrogen and oxygen atoms in total. The van der Waals surface area contributed by atoms with Gasteiger partial charge in [-0.25, -0.2) is 0 Å². The Labute approximate surface area is 111 Å². The first-order valence-corrected chi connectivity index (χ1v) is 6.84. The number of nitrogens with zero attached hydrogens (tertiary/aromatic N) is 1. The van der Waals surface area contributed by atoms with Crippen LogP contribution in [-0.2, 0) is 14.2 Å². The van der Waals surface area contributed by atoms with Crippen LogP contribution in [0, 0.1) is 5.92 Å². The quantitative estimate of drug-likeness (QED) is 0.513. The molecule has 108 valence electrons. The summed E-state index contributed by atoms with van der Waals surface area (Å²) in [4.78, 5) is 2.32. The van der Waals surface area contributed by atoms with E-state index >= 15 is 0 Å². The molecule has 1 unspecified atom stereocenters. The third-order valence-electron chi connectivity index (χ3n) is 3.37. The van der Waals surface area contributed by atoms with Crippen LogP contribution < -0.4 is 5.73 Å². The summed E-state index contributed by atoms with van der Waals surface area (Å²) in [5, 5.41) is 0. The van der Waals surface area contributed by atoms with Gasteiger partial charge in [0.25, 0.3) is 0 Å². The Morgan fingerprint density at radius 2 is 1.72 bits per heavy atom. The molecule has 0 aliphatic heterocycles. The second-order valence-electron chi connectivity index (χ2n) is 4.84. The molecule has 0 spiro atoms. The summed E-state index contributed by atoms with van der Waals surface area (Å²) < 4.78 is 15.7. The van der Waals surface area contributed by atoms with Gasteiger partial charge < -0.3 is 19.9 Å². The number of ether oxygens (including phenoxy) is 3. The van der Waals surface area contributed by atoms with Crippen LogP contribution in [0.5, 0.6) is 0 Å². The van der Waals surface area contributed by atoms with E-state index in [4.69, 9.17) is 19.9 Å². The first-order valence-electron chi connectivity index (χ1n) is 6.84. The average molecular weight is 260 g/mol. The molecule has 1 aliphatic carbocycles. The third-order valence-corrected chi connectivity index (χ3v) is 3.37. The van der Waals surface area contributed by atoms with Gasteiger partial charge in [-0.15, -0.1) is 0 Å². The molecule has 18 heavy (non-hydrogen) atoms. The van der Waals surface area contributed by atoms with Crippen molar-refractivity contribution in [1.29, 1.82) is 0 Å². The molecule has 1 aliphatic rings. The minimum atomic E-state index is 0.534. The summed E-state index contributed by atoms with van der Waals surface area (Å²) in [5.41, 5.74) is 5.80. The normalized spacial score (nSPS) is 17.3. The Balaban J connectivity index is 1.90. The van der Waals surface area contributed by atoms with E-state index in [1.165, 1.54) is 12.8 Å². The van der Waals surface area contributed by atoms with Crippen molar-refractivity contribution in [2.45, 2.75) is 18.9 Å².